The van der Waals surface area contributed by atoms with Crippen LogP contribution in [0.1, 0.15) is 64.2 Å². The molecule has 14 heavy (non-hydrogen) atoms. The molecule has 0 amide bonds. The monoisotopic (exact) mass is 306 g/mol. The molecule has 0 saturated heterocycles. The maximum Gasteiger partial charge on any atom is 0.0110 e. The maximum absolute atomic E-state index is 2.64. The van der Waals surface area contributed by atoms with Crippen LogP contribution < -0.4 is 0 Å². The standard InChI is InChI=1S/C13H23I/c14-13-8-6-12(7-9-13)10-11-4-2-1-3-5-11/h11-13H,1-10H2. The van der Waals surface area contributed by atoms with E-state index in [0.717, 1.165) is 15.8 Å². The zero-order valence-electron chi connectivity index (χ0n) is 9.18. The van der Waals surface area contributed by atoms with Crippen LogP contribution in [-0.4, -0.2) is 3.92 Å². The number of alkyl halides is 1. The third-order valence-electron chi connectivity index (χ3n) is 4.17. The number of hydrogen-bond donors (Lipinski definition) is 0. The Balaban J connectivity index is 1.68. The molecule has 0 heterocycles. The fraction of sp³-hybridized carbons (Fsp3) is 1.00. The Morgan fingerprint density at radius 1 is 0.714 bits per heavy atom. The van der Waals surface area contributed by atoms with Crippen molar-refractivity contribution in [1.29, 1.82) is 0 Å². The largest absolute Gasteiger partial charge is 0.0826 e. The van der Waals surface area contributed by atoms with Crippen molar-refractivity contribution in [3.8, 4) is 0 Å². The summed E-state index contributed by atoms with van der Waals surface area (Å²) in [6.45, 7) is 0. The summed E-state index contributed by atoms with van der Waals surface area (Å²) >= 11 is 2.64. The van der Waals surface area contributed by atoms with Crippen LogP contribution in [0.5, 0.6) is 0 Å². The second-order valence-corrected chi connectivity index (χ2v) is 7.12. The second kappa shape index (κ2) is 5.72. The lowest BCUT2D eigenvalue weighted by Crippen LogP contribution is -2.18. The quantitative estimate of drug-likeness (QED) is 0.500. The van der Waals surface area contributed by atoms with Crippen LogP contribution >= 0.6 is 22.6 Å². The van der Waals surface area contributed by atoms with E-state index < -0.39 is 0 Å². The molecule has 0 aromatic rings. The highest BCUT2D eigenvalue weighted by Gasteiger charge is 2.23. The predicted octanol–water partition coefficient (Wildman–Crippen LogP) is 4.95. The summed E-state index contributed by atoms with van der Waals surface area (Å²) in [6, 6.07) is 0. The maximum atomic E-state index is 2.64. The fourth-order valence-electron chi connectivity index (χ4n) is 3.25. The highest BCUT2D eigenvalue weighted by molar-refractivity contribution is 14.1. The molecule has 2 rings (SSSR count). The van der Waals surface area contributed by atoms with Crippen molar-refractivity contribution in [1.82, 2.24) is 0 Å². The van der Waals surface area contributed by atoms with E-state index in [4.69, 9.17) is 0 Å². The van der Waals surface area contributed by atoms with Gasteiger partial charge in [0.1, 0.15) is 0 Å². The van der Waals surface area contributed by atoms with Gasteiger partial charge < -0.3 is 0 Å². The summed E-state index contributed by atoms with van der Waals surface area (Å²) in [5.74, 6) is 2.21. The summed E-state index contributed by atoms with van der Waals surface area (Å²) in [7, 11) is 0. The van der Waals surface area contributed by atoms with Crippen molar-refractivity contribution >= 4 is 22.6 Å². The first-order valence-corrected chi connectivity index (χ1v) is 7.73. The second-order valence-electron chi connectivity index (χ2n) is 5.36. The van der Waals surface area contributed by atoms with Crippen LogP contribution in [0.15, 0.2) is 0 Å². The van der Waals surface area contributed by atoms with Gasteiger partial charge in [-0.1, -0.05) is 54.7 Å². The molecule has 0 bridgehead atoms. The van der Waals surface area contributed by atoms with E-state index in [0.29, 0.717) is 0 Å². The molecule has 0 aliphatic heterocycles. The summed E-state index contributed by atoms with van der Waals surface area (Å²) in [4.78, 5) is 0. The SMILES string of the molecule is IC1CCC(CC2CCCCC2)CC1. The predicted molar refractivity (Wildman–Crippen MR) is 71.0 cm³/mol. The third-order valence-corrected chi connectivity index (χ3v) is 5.41. The zero-order chi connectivity index (χ0) is 9.80. The van der Waals surface area contributed by atoms with Gasteiger partial charge in [-0.25, -0.2) is 0 Å². The van der Waals surface area contributed by atoms with Gasteiger partial charge in [-0.2, -0.15) is 0 Å². The van der Waals surface area contributed by atoms with Crippen molar-refractivity contribution in [2.75, 3.05) is 0 Å². The fourth-order valence-corrected chi connectivity index (χ4v) is 3.97. The van der Waals surface area contributed by atoms with Gasteiger partial charge in [-0.15, -0.1) is 0 Å². The highest BCUT2D eigenvalue weighted by Crippen LogP contribution is 2.36. The van der Waals surface area contributed by atoms with E-state index >= 15 is 0 Å². The van der Waals surface area contributed by atoms with E-state index in [1.165, 1.54) is 44.9 Å². The first-order chi connectivity index (χ1) is 6.84. The Labute approximate surface area is 102 Å². The molecule has 0 atom stereocenters. The van der Waals surface area contributed by atoms with Gasteiger partial charge in [0.05, 0.1) is 0 Å². The molecule has 1 heteroatoms. The van der Waals surface area contributed by atoms with Gasteiger partial charge in [-0.05, 0) is 43.9 Å². The molecule has 2 aliphatic carbocycles. The van der Waals surface area contributed by atoms with E-state index in [9.17, 15) is 0 Å². The Bertz CT molecular complexity index is 153. The summed E-state index contributed by atoms with van der Waals surface area (Å²) in [5, 5.41) is 0. The minimum atomic E-state index is 0.996. The van der Waals surface area contributed by atoms with E-state index in [1.54, 1.807) is 19.3 Å². The molecular weight excluding hydrogens is 283 g/mol. The number of halogens is 1. The van der Waals surface area contributed by atoms with E-state index in [2.05, 4.69) is 22.6 Å². The highest BCUT2D eigenvalue weighted by atomic mass is 127. The van der Waals surface area contributed by atoms with Crippen molar-refractivity contribution < 1.29 is 0 Å². The zero-order valence-corrected chi connectivity index (χ0v) is 11.3. The van der Waals surface area contributed by atoms with Gasteiger partial charge in [0.25, 0.3) is 0 Å². The Kier molecular flexibility index (Phi) is 4.58. The smallest absolute Gasteiger partial charge is 0.0110 e. The molecule has 0 N–H and O–H groups in total. The van der Waals surface area contributed by atoms with Crippen LogP contribution in [-0.2, 0) is 0 Å². The van der Waals surface area contributed by atoms with E-state index in [1.807, 2.05) is 0 Å². The summed E-state index contributed by atoms with van der Waals surface area (Å²) < 4.78 is 0.996. The molecule has 0 aromatic carbocycles. The Hall–Kier alpha value is 0.730. The minimum absolute atomic E-state index is 0.996. The minimum Gasteiger partial charge on any atom is -0.0826 e. The first-order valence-electron chi connectivity index (χ1n) is 6.48. The molecule has 2 aliphatic rings. The lowest BCUT2D eigenvalue weighted by molar-refractivity contribution is 0.249. The molecule has 82 valence electrons. The molecule has 2 saturated carbocycles. The Morgan fingerprint density at radius 3 is 1.93 bits per heavy atom. The van der Waals surface area contributed by atoms with Crippen molar-refractivity contribution in [3.05, 3.63) is 0 Å². The lowest BCUT2D eigenvalue weighted by Gasteiger charge is -2.30. The Morgan fingerprint density at radius 2 is 1.29 bits per heavy atom. The molecular formula is C13H23I. The van der Waals surface area contributed by atoms with Crippen LogP contribution in [0.2, 0.25) is 0 Å². The van der Waals surface area contributed by atoms with Crippen molar-refractivity contribution in [2.45, 2.75) is 68.1 Å². The van der Waals surface area contributed by atoms with E-state index in [-0.39, 0.29) is 0 Å². The van der Waals surface area contributed by atoms with Gasteiger partial charge in [0, 0.05) is 3.92 Å². The van der Waals surface area contributed by atoms with Crippen molar-refractivity contribution in [3.63, 3.8) is 0 Å². The molecule has 0 nitrogen and oxygen atoms in total. The van der Waals surface area contributed by atoms with Gasteiger partial charge >= 0.3 is 0 Å². The molecule has 0 radical (unpaired) electrons. The molecule has 0 aromatic heterocycles. The number of rotatable bonds is 2. The molecule has 0 spiro atoms. The molecule has 2 fully saturated rings. The van der Waals surface area contributed by atoms with Gasteiger partial charge in [0.15, 0.2) is 0 Å². The third kappa shape index (κ3) is 3.39. The average Bonchev–Trinajstić information content (AvgIpc) is 2.23. The van der Waals surface area contributed by atoms with Crippen LogP contribution in [0.3, 0.4) is 0 Å². The van der Waals surface area contributed by atoms with Gasteiger partial charge in [-0.3, -0.25) is 0 Å². The lowest BCUT2D eigenvalue weighted by atomic mass is 9.78. The van der Waals surface area contributed by atoms with Gasteiger partial charge in [0.2, 0.25) is 0 Å². The number of hydrogen-bond acceptors (Lipinski definition) is 0. The molecule has 0 unspecified atom stereocenters. The summed E-state index contributed by atoms with van der Waals surface area (Å²) in [6.07, 6.45) is 15.3. The van der Waals surface area contributed by atoms with Crippen LogP contribution in [0.4, 0.5) is 0 Å². The van der Waals surface area contributed by atoms with Crippen LogP contribution in [0, 0.1) is 11.8 Å². The topological polar surface area (TPSA) is 0 Å². The summed E-state index contributed by atoms with van der Waals surface area (Å²) in [5.41, 5.74) is 0. The average molecular weight is 306 g/mol. The normalized spacial score (nSPS) is 35.8. The van der Waals surface area contributed by atoms with Crippen molar-refractivity contribution in [2.24, 2.45) is 11.8 Å². The van der Waals surface area contributed by atoms with Crippen LogP contribution in [0.25, 0.3) is 0 Å². The first kappa shape index (κ1) is 11.2.